The molecular weight excluding hydrogens is 637 g/mol. The standard InChI is InChI=1S/C39H62N4O5S/c1-22-7-10-31-23(2)33-32(43(31)19-22)18-30-28-9-8-25-17-27(11-13-38(25,4)29(28)12-14-39(30,33)5)47-16-6-15-42-20-26(40-41-42)21-49-37-36(46)35(45)34(44)24(3)48-37/h8,20,22-24,27-37,44-46H,6-7,9-19,21H2,1-5H3/t22-,23+,24?,27-,28?,29?,30?,31?,32?,33?,34?,35?,36?,37?,38-,39-/m0/s1. The summed E-state index contributed by atoms with van der Waals surface area (Å²) in [6, 6.07) is 1.68. The molecule has 1 aromatic rings. The molecule has 4 heterocycles. The first-order chi connectivity index (χ1) is 23.5. The van der Waals surface area contributed by atoms with Gasteiger partial charge < -0.3 is 24.8 Å². The van der Waals surface area contributed by atoms with Crippen molar-refractivity contribution in [3.05, 3.63) is 23.5 Å². The molecule has 3 N–H and O–H groups in total. The second kappa shape index (κ2) is 13.4. The van der Waals surface area contributed by atoms with Gasteiger partial charge in [-0.3, -0.25) is 9.58 Å². The highest BCUT2D eigenvalue weighted by Crippen LogP contribution is 2.70. The van der Waals surface area contributed by atoms with Gasteiger partial charge in [0.2, 0.25) is 0 Å². The van der Waals surface area contributed by atoms with Crippen molar-refractivity contribution in [3.8, 4) is 0 Å². The smallest absolute Gasteiger partial charge is 0.132 e. The summed E-state index contributed by atoms with van der Waals surface area (Å²) in [6.07, 6.45) is 13.8. The molecule has 6 fully saturated rings. The lowest BCUT2D eigenvalue weighted by Crippen LogP contribution is -2.55. The Hall–Kier alpha value is -1.01. The summed E-state index contributed by atoms with van der Waals surface area (Å²) >= 11 is 1.36. The Morgan fingerprint density at radius 3 is 2.67 bits per heavy atom. The number of nitrogens with zero attached hydrogens (tertiary/aromatic N) is 4. The van der Waals surface area contributed by atoms with Crippen LogP contribution in [-0.2, 0) is 21.8 Å². The number of piperidine rings is 1. The molecule has 7 aliphatic rings. The van der Waals surface area contributed by atoms with Gasteiger partial charge in [0.25, 0.3) is 0 Å². The van der Waals surface area contributed by atoms with Crippen molar-refractivity contribution in [3.63, 3.8) is 0 Å². The lowest BCUT2D eigenvalue weighted by molar-refractivity contribution is -0.192. The Bertz CT molecular complexity index is 1380. The van der Waals surface area contributed by atoms with Gasteiger partial charge in [0.15, 0.2) is 0 Å². The highest BCUT2D eigenvalue weighted by molar-refractivity contribution is 7.99. The molecule has 0 spiro atoms. The summed E-state index contributed by atoms with van der Waals surface area (Å²) < 4.78 is 14.1. The van der Waals surface area contributed by atoms with E-state index in [1.807, 2.05) is 10.9 Å². The van der Waals surface area contributed by atoms with Crippen LogP contribution in [0, 0.1) is 46.3 Å². The van der Waals surface area contributed by atoms with Crippen molar-refractivity contribution in [2.24, 2.45) is 46.3 Å². The van der Waals surface area contributed by atoms with E-state index in [2.05, 4.69) is 49.0 Å². The lowest BCUT2D eigenvalue weighted by atomic mass is 9.47. The van der Waals surface area contributed by atoms with Crippen LogP contribution in [0.15, 0.2) is 17.8 Å². The summed E-state index contributed by atoms with van der Waals surface area (Å²) in [5.41, 5.74) is 2.75. The van der Waals surface area contributed by atoms with Crippen LogP contribution in [0.2, 0.25) is 0 Å². The number of hydrogen-bond donors (Lipinski definition) is 3. The maximum Gasteiger partial charge on any atom is 0.132 e. The summed E-state index contributed by atoms with van der Waals surface area (Å²) in [4.78, 5) is 3.03. The van der Waals surface area contributed by atoms with Gasteiger partial charge in [0.1, 0.15) is 23.7 Å². The molecule has 0 amide bonds. The van der Waals surface area contributed by atoms with Gasteiger partial charge in [-0.1, -0.05) is 44.6 Å². The number of rotatable bonds is 8. The fraction of sp³-hybridized carbons (Fsp3) is 0.897. The van der Waals surface area contributed by atoms with Crippen LogP contribution in [0.1, 0.15) is 105 Å². The Kier molecular flexibility index (Phi) is 9.61. The zero-order chi connectivity index (χ0) is 34.2. The number of aliphatic hydroxyl groups excluding tert-OH is 3. The minimum absolute atomic E-state index is 0.315. The molecule has 4 aliphatic carbocycles. The highest BCUT2D eigenvalue weighted by atomic mass is 32.2. The van der Waals surface area contributed by atoms with E-state index >= 15 is 0 Å². The molecule has 11 unspecified atom stereocenters. The number of allylic oxidation sites excluding steroid dienone is 1. The monoisotopic (exact) mass is 698 g/mol. The maximum atomic E-state index is 10.3. The minimum atomic E-state index is -1.22. The van der Waals surface area contributed by atoms with Gasteiger partial charge in [-0.2, -0.15) is 0 Å². The van der Waals surface area contributed by atoms with E-state index in [4.69, 9.17) is 9.47 Å². The lowest BCUT2D eigenvalue weighted by Gasteiger charge is -2.58. The summed E-state index contributed by atoms with van der Waals surface area (Å²) in [7, 11) is 0. The SMILES string of the molecule is CC1OC(SCc2cn(CCCO[C@H]3CC[C@@]4(C)C(=CCC5C6CC7C([C@H](C)C8CC[C@H](C)CN78)[C@@]6(C)CCC54)C3)nn2)C(O)C(O)C1O. The zero-order valence-electron chi connectivity index (χ0n) is 30.5. The molecular formula is C39H62N4O5S. The fourth-order valence-corrected chi connectivity index (χ4v) is 13.9. The quantitative estimate of drug-likeness (QED) is 0.242. The summed E-state index contributed by atoms with van der Waals surface area (Å²) in [5.74, 6) is 5.72. The first kappa shape index (κ1) is 35.0. The van der Waals surface area contributed by atoms with Crippen LogP contribution in [0.5, 0.6) is 0 Å². The van der Waals surface area contributed by atoms with E-state index < -0.39 is 29.9 Å². The minimum Gasteiger partial charge on any atom is -0.388 e. The van der Waals surface area contributed by atoms with Gasteiger partial charge in [-0.15, -0.1) is 16.9 Å². The third-order valence-corrected chi connectivity index (χ3v) is 16.5. The summed E-state index contributed by atoms with van der Waals surface area (Å²) in [5, 5.41) is 38.9. The molecule has 8 rings (SSSR count). The van der Waals surface area contributed by atoms with E-state index in [1.165, 1.54) is 69.7 Å². The molecule has 274 valence electrons. The van der Waals surface area contributed by atoms with E-state index in [-0.39, 0.29) is 0 Å². The van der Waals surface area contributed by atoms with Crippen molar-refractivity contribution < 1.29 is 24.8 Å². The van der Waals surface area contributed by atoms with Crippen molar-refractivity contribution in [2.45, 2.75) is 159 Å². The molecule has 1 aromatic heterocycles. The normalized spacial score (nSPS) is 49.4. The topological polar surface area (TPSA) is 113 Å². The predicted molar refractivity (Wildman–Crippen MR) is 190 cm³/mol. The van der Waals surface area contributed by atoms with Gasteiger partial charge in [-0.25, -0.2) is 0 Å². The largest absolute Gasteiger partial charge is 0.388 e. The average Bonchev–Trinajstić information content (AvgIpc) is 3.75. The van der Waals surface area contributed by atoms with Crippen LogP contribution >= 0.6 is 11.8 Å². The Balaban J connectivity index is 0.821. The molecule has 3 saturated heterocycles. The Morgan fingerprint density at radius 2 is 1.84 bits per heavy atom. The number of aromatic nitrogens is 3. The second-order valence-electron chi connectivity index (χ2n) is 18.0. The number of hydrogen-bond acceptors (Lipinski definition) is 9. The average molecular weight is 699 g/mol. The van der Waals surface area contributed by atoms with Gasteiger partial charge in [-0.05, 0) is 117 Å². The highest BCUT2D eigenvalue weighted by Gasteiger charge is 2.66. The van der Waals surface area contributed by atoms with Crippen molar-refractivity contribution in [1.29, 1.82) is 0 Å². The number of thioether (sulfide) groups is 1. The molecule has 0 bridgehead atoms. The van der Waals surface area contributed by atoms with Gasteiger partial charge in [0, 0.05) is 43.7 Å². The Morgan fingerprint density at radius 1 is 1.00 bits per heavy atom. The first-order valence-corrected chi connectivity index (χ1v) is 20.8. The van der Waals surface area contributed by atoms with Gasteiger partial charge >= 0.3 is 0 Å². The van der Waals surface area contributed by atoms with Crippen molar-refractivity contribution in [1.82, 2.24) is 19.9 Å². The molecule has 3 aliphatic heterocycles. The first-order valence-electron chi connectivity index (χ1n) is 19.7. The molecule has 3 saturated carbocycles. The number of aryl methyl sites for hydroxylation is 1. The molecule has 16 atom stereocenters. The molecule has 10 heteroatoms. The maximum absolute atomic E-state index is 10.3. The second-order valence-corrected chi connectivity index (χ2v) is 19.1. The van der Waals surface area contributed by atoms with Crippen LogP contribution in [0.4, 0.5) is 0 Å². The third kappa shape index (κ3) is 5.99. The van der Waals surface area contributed by atoms with Crippen LogP contribution < -0.4 is 0 Å². The van der Waals surface area contributed by atoms with Crippen LogP contribution in [0.3, 0.4) is 0 Å². The van der Waals surface area contributed by atoms with E-state index in [0.29, 0.717) is 22.7 Å². The number of ether oxygens (including phenoxy) is 2. The van der Waals surface area contributed by atoms with E-state index in [9.17, 15) is 15.3 Å². The molecule has 0 aromatic carbocycles. The summed E-state index contributed by atoms with van der Waals surface area (Å²) in [6.45, 7) is 15.0. The molecule has 9 nitrogen and oxygen atoms in total. The van der Waals surface area contributed by atoms with E-state index in [0.717, 1.165) is 79.3 Å². The van der Waals surface area contributed by atoms with Crippen molar-refractivity contribution >= 4 is 11.8 Å². The molecule has 0 radical (unpaired) electrons. The fourth-order valence-electron chi connectivity index (χ4n) is 12.8. The predicted octanol–water partition coefficient (Wildman–Crippen LogP) is 5.42. The third-order valence-electron chi connectivity index (χ3n) is 15.3. The number of fused-ring (bicyclic) bond motifs is 9. The Labute approximate surface area is 297 Å². The van der Waals surface area contributed by atoms with Crippen molar-refractivity contribution in [2.75, 3.05) is 13.2 Å². The van der Waals surface area contributed by atoms with E-state index in [1.54, 1.807) is 12.5 Å². The van der Waals surface area contributed by atoms with Crippen LogP contribution in [0.25, 0.3) is 0 Å². The number of aliphatic hydroxyl groups is 3. The molecule has 49 heavy (non-hydrogen) atoms. The van der Waals surface area contributed by atoms with Gasteiger partial charge in [0.05, 0.1) is 17.9 Å². The van der Waals surface area contributed by atoms with Crippen LogP contribution in [-0.4, -0.2) is 96.4 Å². The zero-order valence-corrected chi connectivity index (χ0v) is 31.3.